The third-order valence-electron chi connectivity index (χ3n) is 2.03. The molecular formula is C12H14ClNO. The van der Waals surface area contributed by atoms with Crippen molar-refractivity contribution in [3.8, 4) is 11.8 Å². The smallest absolute Gasteiger partial charge is 0.138 e. The number of benzene rings is 1. The van der Waals surface area contributed by atoms with E-state index in [9.17, 15) is 0 Å². The van der Waals surface area contributed by atoms with Crippen LogP contribution in [-0.4, -0.2) is 6.61 Å². The Balaban J connectivity index is 2.37. The quantitative estimate of drug-likeness (QED) is 0.713. The van der Waals surface area contributed by atoms with Gasteiger partial charge in [-0.1, -0.05) is 17.7 Å². The van der Waals surface area contributed by atoms with Crippen LogP contribution in [0.25, 0.3) is 0 Å². The predicted octanol–water partition coefficient (Wildman–Crippen LogP) is 3.72. The molecule has 0 N–H and O–H groups in total. The Labute approximate surface area is 95.4 Å². The molecular weight excluding hydrogens is 210 g/mol. The van der Waals surface area contributed by atoms with Gasteiger partial charge in [0, 0.05) is 6.42 Å². The summed E-state index contributed by atoms with van der Waals surface area (Å²) in [6.45, 7) is 2.61. The minimum absolute atomic E-state index is 0.588. The first-order valence-electron chi connectivity index (χ1n) is 5.00. The van der Waals surface area contributed by atoms with Gasteiger partial charge in [-0.15, -0.1) is 0 Å². The molecule has 0 bridgehead atoms. The number of ether oxygens (including phenoxy) is 1. The van der Waals surface area contributed by atoms with E-state index in [1.807, 2.05) is 25.1 Å². The van der Waals surface area contributed by atoms with Gasteiger partial charge in [-0.25, -0.2) is 0 Å². The Morgan fingerprint density at radius 1 is 1.40 bits per heavy atom. The van der Waals surface area contributed by atoms with Gasteiger partial charge in [0.1, 0.15) is 5.75 Å². The Bertz CT molecular complexity index is 357. The maximum absolute atomic E-state index is 8.35. The van der Waals surface area contributed by atoms with Crippen LogP contribution in [-0.2, 0) is 0 Å². The van der Waals surface area contributed by atoms with E-state index in [0.29, 0.717) is 18.1 Å². The third-order valence-corrected chi connectivity index (χ3v) is 2.34. The number of halogens is 1. The number of nitriles is 1. The second-order valence-electron chi connectivity index (χ2n) is 3.40. The highest BCUT2D eigenvalue weighted by Gasteiger charge is 2.00. The minimum Gasteiger partial charge on any atom is -0.492 e. The lowest BCUT2D eigenvalue weighted by Crippen LogP contribution is -1.97. The fourth-order valence-electron chi connectivity index (χ4n) is 1.21. The molecule has 3 heteroatoms. The summed E-state index contributed by atoms with van der Waals surface area (Å²) in [4.78, 5) is 0. The Hall–Kier alpha value is -1.20. The van der Waals surface area contributed by atoms with Crippen molar-refractivity contribution < 1.29 is 4.74 Å². The average molecular weight is 224 g/mol. The van der Waals surface area contributed by atoms with Crippen molar-refractivity contribution in [1.29, 1.82) is 5.26 Å². The van der Waals surface area contributed by atoms with Crippen LogP contribution in [0.2, 0.25) is 5.02 Å². The lowest BCUT2D eigenvalue weighted by atomic mass is 10.2. The summed E-state index contributed by atoms with van der Waals surface area (Å²) in [5, 5.41) is 8.99. The summed E-state index contributed by atoms with van der Waals surface area (Å²) in [5.41, 5.74) is 1.13. The van der Waals surface area contributed by atoms with Gasteiger partial charge in [-0.3, -0.25) is 0 Å². The fraction of sp³-hybridized carbons (Fsp3) is 0.417. The van der Waals surface area contributed by atoms with Crippen LogP contribution in [0.4, 0.5) is 0 Å². The lowest BCUT2D eigenvalue weighted by Gasteiger charge is -2.07. The molecule has 0 saturated carbocycles. The zero-order valence-electron chi connectivity index (χ0n) is 8.79. The van der Waals surface area contributed by atoms with Gasteiger partial charge in [0.15, 0.2) is 0 Å². The molecule has 0 aliphatic heterocycles. The first kappa shape index (κ1) is 11.9. The van der Waals surface area contributed by atoms with E-state index < -0.39 is 0 Å². The maximum Gasteiger partial charge on any atom is 0.138 e. The number of rotatable bonds is 5. The third kappa shape index (κ3) is 4.22. The van der Waals surface area contributed by atoms with Gasteiger partial charge in [0.2, 0.25) is 0 Å². The van der Waals surface area contributed by atoms with Crippen LogP contribution in [0.3, 0.4) is 0 Å². The topological polar surface area (TPSA) is 33.0 Å². The second-order valence-corrected chi connectivity index (χ2v) is 3.80. The monoisotopic (exact) mass is 223 g/mol. The standard InChI is InChI=1S/C12H14ClNO/c1-10-5-6-11(13)12(9-10)15-8-4-2-3-7-14/h5-6,9H,2-4,8H2,1H3. The van der Waals surface area contributed by atoms with Crippen molar-refractivity contribution in [1.82, 2.24) is 0 Å². The van der Waals surface area contributed by atoms with E-state index in [2.05, 4.69) is 6.07 Å². The van der Waals surface area contributed by atoms with Gasteiger partial charge in [0.25, 0.3) is 0 Å². The van der Waals surface area contributed by atoms with E-state index in [4.69, 9.17) is 21.6 Å². The van der Waals surface area contributed by atoms with Crippen LogP contribution < -0.4 is 4.74 Å². The molecule has 0 fully saturated rings. The van der Waals surface area contributed by atoms with Crippen LogP contribution in [0, 0.1) is 18.3 Å². The highest BCUT2D eigenvalue weighted by molar-refractivity contribution is 6.32. The minimum atomic E-state index is 0.588. The molecule has 0 saturated heterocycles. The normalized spacial score (nSPS) is 9.67. The van der Waals surface area contributed by atoms with Gasteiger partial charge in [-0.2, -0.15) is 5.26 Å². The Kier molecular flexibility index (Phi) is 5.00. The van der Waals surface area contributed by atoms with E-state index in [-0.39, 0.29) is 0 Å². The Morgan fingerprint density at radius 2 is 2.20 bits per heavy atom. The molecule has 80 valence electrons. The highest BCUT2D eigenvalue weighted by Crippen LogP contribution is 2.25. The van der Waals surface area contributed by atoms with Gasteiger partial charge in [0.05, 0.1) is 17.7 Å². The largest absolute Gasteiger partial charge is 0.492 e. The molecule has 2 nitrogen and oxygen atoms in total. The van der Waals surface area contributed by atoms with Crippen LogP contribution in [0.5, 0.6) is 5.75 Å². The van der Waals surface area contributed by atoms with Gasteiger partial charge >= 0.3 is 0 Å². The molecule has 0 aromatic heterocycles. The van der Waals surface area contributed by atoms with Crippen molar-refractivity contribution in [3.63, 3.8) is 0 Å². The summed E-state index contributed by atoms with van der Waals surface area (Å²) >= 11 is 5.96. The van der Waals surface area contributed by atoms with Crippen LogP contribution >= 0.6 is 11.6 Å². The molecule has 15 heavy (non-hydrogen) atoms. The number of unbranched alkanes of at least 4 members (excludes halogenated alkanes) is 2. The first-order valence-corrected chi connectivity index (χ1v) is 5.37. The Morgan fingerprint density at radius 3 is 2.93 bits per heavy atom. The number of hydrogen-bond donors (Lipinski definition) is 0. The SMILES string of the molecule is Cc1ccc(Cl)c(OCCCCC#N)c1. The molecule has 0 amide bonds. The lowest BCUT2D eigenvalue weighted by molar-refractivity contribution is 0.307. The first-order chi connectivity index (χ1) is 7.24. The molecule has 1 rings (SSSR count). The van der Waals surface area contributed by atoms with Crippen molar-refractivity contribution in [2.24, 2.45) is 0 Å². The van der Waals surface area contributed by atoms with Crippen LogP contribution in [0.15, 0.2) is 18.2 Å². The second kappa shape index (κ2) is 6.31. The summed E-state index contributed by atoms with van der Waals surface area (Å²) in [7, 11) is 0. The predicted molar refractivity (Wildman–Crippen MR) is 61.1 cm³/mol. The molecule has 0 heterocycles. The average Bonchev–Trinajstić information content (AvgIpc) is 2.23. The summed E-state index contributed by atoms with van der Waals surface area (Å²) < 4.78 is 5.52. The summed E-state index contributed by atoms with van der Waals surface area (Å²) in [6.07, 6.45) is 2.35. The van der Waals surface area contributed by atoms with Crippen molar-refractivity contribution >= 4 is 11.6 Å². The zero-order valence-corrected chi connectivity index (χ0v) is 9.55. The summed E-state index contributed by atoms with van der Waals surface area (Å²) in [5.74, 6) is 0.730. The number of hydrogen-bond acceptors (Lipinski definition) is 2. The molecule has 0 radical (unpaired) electrons. The molecule has 1 aromatic carbocycles. The number of aryl methyl sites for hydroxylation is 1. The molecule has 1 aromatic rings. The molecule has 0 atom stereocenters. The fourth-order valence-corrected chi connectivity index (χ4v) is 1.38. The van der Waals surface area contributed by atoms with E-state index in [1.54, 1.807) is 0 Å². The van der Waals surface area contributed by atoms with Crippen LogP contribution in [0.1, 0.15) is 24.8 Å². The van der Waals surface area contributed by atoms with E-state index in [0.717, 1.165) is 24.2 Å². The molecule has 0 aliphatic rings. The molecule has 0 unspecified atom stereocenters. The molecule has 0 spiro atoms. The maximum atomic E-state index is 8.35. The van der Waals surface area contributed by atoms with E-state index >= 15 is 0 Å². The number of nitrogens with zero attached hydrogens (tertiary/aromatic N) is 1. The molecule has 0 aliphatic carbocycles. The van der Waals surface area contributed by atoms with Crippen molar-refractivity contribution in [3.05, 3.63) is 28.8 Å². The van der Waals surface area contributed by atoms with Crippen molar-refractivity contribution in [2.45, 2.75) is 26.2 Å². The van der Waals surface area contributed by atoms with E-state index in [1.165, 1.54) is 0 Å². The van der Waals surface area contributed by atoms with Gasteiger partial charge in [-0.05, 0) is 37.5 Å². The van der Waals surface area contributed by atoms with Crippen molar-refractivity contribution in [2.75, 3.05) is 6.61 Å². The zero-order chi connectivity index (χ0) is 11.1. The highest BCUT2D eigenvalue weighted by atomic mass is 35.5. The van der Waals surface area contributed by atoms with Gasteiger partial charge < -0.3 is 4.74 Å². The summed E-state index contributed by atoms with van der Waals surface area (Å²) in [6, 6.07) is 7.81.